The largest absolute Gasteiger partial charge is 0.493 e. The summed E-state index contributed by atoms with van der Waals surface area (Å²) in [6.45, 7) is 4.98. The predicted molar refractivity (Wildman–Crippen MR) is 106 cm³/mol. The van der Waals surface area contributed by atoms with E-state index in [0.29, 0.717) is 36.4 Å². The number of allylic oxidation sites excluding steroid dienone is 2. The van der Waals surface area contributed by atoms with Gasteiger partial charge in [0.25, 0.3) is 0 Å². The molecule has 1 aliphatic carbocycles. The van der Waals surface area contributed by atoms with Gasteiger partial charge in [0.1, 0.15) is 12.4 Å². The highest BCUT2D eigenvalue weighted by Gasteiger charge is 2.36. The van der Waals surface area contributed by atoms with Gasteiger partial charge in [-0.1, -0.05) is 19.9 Å². The Balaban J connectivity index is 1.71. The van der Waals surface area contributed by atoms with Gasteiger partial charge in [-0.3, -0.25) is 4.79 Å². The lowest BCUT2D eigenvalue weighted by Crippen LogP contribution is -2.31. The minimum atomic E-state index is -0.305. The lowest BCUT2D eigenvalue weighted by atomic mass is 9.85. The molecule has 7 heteroatoms. The molecule has 148 valence electrons. The second kappa shape index (κ2) is 7.66. The van der Waals surface area contributed by atoms with Crippen molar-refractivity contribution in [2.24, 2.45) is 5.92 Å². The maximum Gasteiger partial charge on any atom is 0.226 e. The van der Waals surface area contributed by atoms with Gasteiger partial charge in [-0.15, -0.1) is 0 Å². The zero-order valence-electron chi connectivity index (χ0n) is 16.6. The molecule has 0 saturated heterocycles. The average molecular weight is 382 g/mol. The minimum Gasteiger partial charge on any atom is -0.493 e. The van der Waals surface area contributed by atoms with Gasteiger partial charge in [0.15, 0.2) is 17.3 Å². The van der Waals surface area contributed by atoms with Gasteiger partial charge in [-0.25, -0.2) is 4.68 Å². The maximum absolute atomic E-state index is 12.8. The third-order valence-electron chi connectivity index (χ3n) is 5.27. The molecule has 2 aliphatic rings. The number of anilines is 1. The lowest BCUT2D eigenvalue weighted by Gasteiger charge is -2.32. The quantitative estimate of drug-likeness (QED) is 0.820. The number of aromatic nitrogens is 3. The number of Topliss-reactive ketones (excluding diaryl/α,β-unsaturated/α-hetero) is 1. The number of hydrogen-bond donors (Lipinski definition) is 1. The molecule has 28 heavy (non-hydrogen) atoms. The standard InChI is InChI=1S/C21H26N4O3/c1-13(2)9-10-28-17-8-7-14(11-18(17)27-3)20-19-15(5-4-6-16(19)26)24-21-22-12-23-25(20)21/h7-8,11-13,20H,4-6,9-10H2,1-3H3,(H,22,23,24). The zero-order chi connectivity index (χ0) is 19.7. The SMILES string of the molecule is COc1cc(C2C3=C(CCCC3=O)Nc3ncnn32)ccc1OCCC(C)C. The van der Waals surface area contributed by atoms with Crippen LogP contribution in [-0.2, 0) is 4.79 Å². The van der Waals surface area contributed by atoms with E-state index in [1.807, 2.05) is 18.2 Å². The molecule has 4 rings (SSSR count). The van der Waals surface area contributed by atoms with Crippen molar-refractivity contribution >= 4 is 11.7 Å². The molecule has 1 atom stereocenters. The van der Waals surface area contributed by atoms with Crippen LogP contribution in [0.25, 0.3) is 0 Å². The lowest BCUT2D eigenvalue weighted by molar-refractivity contribution is -0.116. The highest BCUT2D eigenvalue weighted by atomic mass is 16.5. The van der Waals surface area contributed by atoms with Crippen molar-refractivity contribution in [2.75, 3.05) is 19.0 Å². The molecule has 2 aromatic rings. The van der Waals surface area contributed by atoms with Gasteiger partial charge < -0.3 is 14.8 Å². The molecule has 1 N–H and O–H groups in total. The number of nitrogens with one attached hydrogen (secondary N) is 1. The second-order valence-corrected chi connectivity index (χ2v) is 7.67. The van der Waals surface area contributed by atoms with E-state index in [1.54, 1.807) is 11.8 Å². The van der Waals surface area contributed by atoms with Crippen LogP contribution in [0.4, 0.5) is 5.95 Å². The molecular formula is C21H26N4O3. The van der Waals surface area contributed by atoms with Gasteiger partial charge >= 0.3 is 0 Å². The number of carbonyl (C=O) groups excluding carboxylic acids is 1. The molecule has 7 nitrogen and oxygen atoms in total. The van der Waals surface area contributed by atoms with E-state index in [9.17, 15) is 4.79 Å². The van der Waals surface area contributed by atoms with E-state index >= 15 is 0 Å². The van der Waals surface area contributed by atoms with E-state index in [0.717, 1.165) is 36.1 Å². The summed E-state index contributed by atoms with van der Waals surface area (Å²) in [4.78, 5) is 17.1. The highest BCUT2D eigenvalue weighted by molar-refractivity contribution is 5.99. The second-order valence-electron chi connectivity index (χ2n) is 7.67. The number of nitrogens with zero attached hydrogens (tertiary/aromatic N) is 3. The maximum atomic E-state index is 12.8. The monoisotopic (exact) mass is 382 g/mol. The number of ether oxygens (including phenoxy) is 2. The number of benzene rings is 1. The van der Waals surface area contributed by atoms with E-state index in [1.165, 1.54) is 6.33 Å². The molecule has 2 heterocycles. The van der Waals surface area contributed by atoms with Crippen molar-refractivity contribution in [3.8, 4) is 11.5 Å². The van der Waals surface area contributed by atoms with Crippen LogP contribution >= 0.6 is 0 Å². The molecule has 1 aromatic heterocycles. The smallest absolute Gasteiger partial charge is 0.226 e. The fraction of sp³-hybridized carbons (Fsp3) is 0.476. The molecule has 1 unspecified atom stereocenters. The van der Waals surface area contributed by atoms with Crippen molar-refractivity contribution < 1.29 is 14.3 Å². The number of carbonyl (C=O) groups is 1. The number of fused-ring (bicyclic) bond motifs is 1. The fourth-order valence-corrected chi connectivity index (χ4v) is 3.78. The van der Waals surface area contributed by atoms with E-state index < -0.39 is 0 Å². The number of ketones is 1. The Labute approximate surface area is 164 Å². The number of rotatable bonds is 6. The molecule has 0 fully saturated rings. The van der Waals surface area contributed by atoms with Crippen molar-refractivity contribution in [1.29, 1.82) is 0 Å². The Morgan fingerprint density at radius 3 is 2.93 bits per heavy atom. The van der Waals surface area contributed by atoms with E-state index in [4.69, 9.17) is 9.47 Å². The Hall–Kier alpha value is -2.83. The first-order chi connectivity index (χ1) is 13.6. The van der Waals surface area contributed by atoms with Gasteiger partial charge in [0, 0.05) is 17.7 Å². The van der Waals surface area contributed by atoms with Gasteiger partial charge in [0.2, 0.25) is 5.95 Å². The molecule has 0 radical (unpaired) electrons. The Morgan fingerprint density at radius 1 is 1.29 bits per heavy atom. The summed E-state index contributed by atoms with van der Waals surface area (Å²) in [6, 6.07) is 5.54. The summed E-state index contributed by atoms with van der Waals surface area (Å²) in [6.07, 6.45) is 4.76. The first kappa shape index (κ1) is 18.5. The first-order valence-corrected chi connectivity index (χ1v) is 9.82. The predicted octanol–water partition coefficient (Wildman–Crippen LogP) is 3.73. The highest BCUT2D eigenvalue weighted by Crippen LogP contribution is 2.41. The molecule has 1 aliphatic heterocycles. The van der Waals surface area contributed by atoms with Crippen molar-refractivity contribution in [1.82, 2.24) is 14.8 Å². The van der Waals surface area contributed by atoms with Crippen molar-refractivity contribution in [3.63, 3.8) is 0 Å². The number of methoxy groups -OCH3 is 1. The van der Waals surface area contributed by atoms with Crippen LogP contribution in [-0.4, -0.2) is 34.3 Å². The van der Waals surface area contributed by atoms with Crippen molar-refractivity contribution in [3.05, 3.63) is 41.4 Å². The van der Waals surface area contributed by atoms with Crippen LogP contribution < -0.4 is 14.8 Å². The molecule has 1 aromatic carbocycles. The Morgan fingerprint density at radius 2 is 2.14 bits per heavy atom. The summed E-state index contributed by atoms with van der Waals surface area (Å²) < 4.78 is 13.3. The van der Waals surface area contributed by atoms with E-state index in [-0.39, 0.29) is 11.8 Å². The van der Waals surface area contributed by atoms with Gasteiger partial charge in [-0.05, 0) is 42.9 Å². The summed E-state index contributed by atoms with van der Waals surface area (Å²) in [7, 11) is 1.63. The van der Waals surface area contributed by atoms with Crippen LogP contribution in [0, 0.1) is 5.92 Å². The van der Waals surface area contributed by atoms with Crippen LogP contribution in [0.15, 0.2) is 35.8 Å². The topological polar surface area (TPSA) is 78.3 Å². The summed E-state index contributed by atoms with van der Waals surface area (Å²) in [5, 5.41) is 7.65. The average Bonchev–Trinajstić information content (AvgIpc) is 3.14. The Bertz CT molecular complexity index is 916. The molecule has 0 spiro atoms. The third-order valence-corrected chi connectivity index (χ3v) is 5.27. The van der Waals surface area contributed by atoms with Gasteiger partial charge in [0.05, 0.1) is 13.7 Å². The van der Waals surface area contributed by atoms with Crippen LogP contribution in [0.2, 0.25) is 0 Å². The van der Waals surface area contributed by atoms with Gasteiger partial charge in [-0.2, -0.15) is 10.1 Å². The summed E-state index contributed by atoms with van der Waals surface area (Å²) in [5.74, 6) is 2.77. The molecular weight excluding hydrogens is 356 g/mol. The normalized spacial score (nSPS) is 18.6. The number of hydrogen-bond acceptors (Lipinski definition) is 6. The van der Waals surface area contributed by atoms with Crippen molar-refractivity contribution in [2.45, 2.75) is 45.6 Å². The Kier molecular flexibility index (Phi) is 5.07. The van der Waals surface area contributed by atoms with Crippen LogP contribution in [0.1, 0.15) is 51.1 Å². The molecule has 0 bridgehead atoms. The summed E-state index contributed by atoms with van der Waals surface area (Å²) in [5.41, 5.74) is 2.67. The molecule has 0 saturated carbocycles. The molecule has 0 amide bonds. The van der Waals surface area contributed by atoms with E-state index in [2.05, 4.69) is 29.2 Å². The minimum absolute atomic E-state index is 0.163. The fourth-order valence-electron chi connectivity index (χ4n) is 3.78. The first-order valence-electron chi connectivity index (χ1n) is 9.82. The third kappa shape index (κ3) is 3.37. The van der Waals surface area contributed by atoms with Crippen LogP contribution in [0.5, 0.6) is 11.5 Å². The zero-order valence-corrected chi connectivity index (χ0v) is 16.6. The van der Waals surface area contributed by atoms with Crippen LogP contribution in [0.3, 0.4) is 0 Å². The summed E-state index contributed by atoms with van der Waals surface area (Å²) >= 11 is 0.